The first-order chi connectivity index (χ1) is 10.2. The third kappa shape index (κ3) is 3.95. The zero-order valence-corrected chi connectivity index (χ0v) is 12.9. The van der Waals surface area contributed by atoms with Gasteiger partial charge < -0.3 is 15.4 Å². The van der Waals surface area contributed by atoms with E-state index in [9.17, 15) is 4.79 Å². The average molecular weight is 291 g/mol. The van der Waals surface area contributed by atoms with Gasteiger partial charge >= 0.3 is 0 Å². The number of benzene rings is 1. The van der Waals surface area contributed by atoms with Crippen molar-refractivity contribution in [3.63, 3.8) is 0 Å². The summed E-state index contributed by atoms with van der Waals surface area (Å²) in [7, 11) is 1.72. The average Bonchev–Trinajstić information content (AvgIpc) is 2.52. The molecule has 1 aliphatic heterocycles. The van der Waals surface area contributed by atoms with Crippen molar-refractivity contribution in [2.24, 2.45) is 0 Å². The first-order valence-corrected chi connectivity index (χ1v) is 7.53. The molecule has 0 aromatic heterocycles. The quantitative estimate of drug-likeness (QED) is 0.834. The fraction of sp³-hybridized carbons (Fsp3) is 0.562. The Balaban J connectivity index is 2.01. The van der Waals surface area contributed by atoms with Gasteiger partial charge in [-0.3, -0.25) is 9.69 Å². The van der Waals surface area contributed by atoms with Gasteiger partial charge in [-0.25, -0.2) is 0 Å². The van der Waals surface area contributed by atoms with Gasteiger partial charge in [0.2, 0.25) is 0 Å². The molecule has 0 aliphatic carbocycles. The van der Waals surface area contributed by atoms with Crippen LogP contribution in [0, 0.1) is 0 Å². The lowest BCUT2D eigenvalue weighted by molar-refractivity contribution is 0.0384. The van der Waals surface area contributed by atoms with E-state index in [1.807, 2.05) is 17.0 Å². The molecule has 0 saturated carbocycles. The van der Waals surface area contributed by atoms with Crippen molar-refractivity contribution >= 4 is 11.6 Å². The minimum Gasteiger partial charge on any atom is -0.399 e. The number of nitrogens with zero attached hydrogens (tertiary/aromatic N) is 2. The molecule has 2 rings (SSSR count). The Labute approximate surface area is 126 Å². The van der Waals surface area contributed by atoms with Crippen LogP contribution in [0.5, 0.6) is 0 Å². The smallest absolute Gasteiger partial charge is 0.254 e. The van der Waals surface area contributed by atoms with Gasteiger partial charge in [0, 0.05) is 50.6 Å². The highest BCUT2D eigenvalue weighted by atomic mass is 16.5. The summed E-state index contributed by atoms with van der Waals surface area (Å²) >= 11 is 0. The molecule has 1 heterocycles. The van der Waals surface area contributed by atoms with Crippen molar-refractivity contribution in [2.75, 3.05) is 45.6 Å². The number of carbonyl (C=O) groups excluding carboxylic acids is 1. The molecule has 0 bridgehead atoms. The normalized spacial score (nSPS) is 19.7. The summed E-state index contributed by atoms with van der Waals surface area (Å²) in [5.74, 6) is 0.0761. The number of hydrogen-bond donors (Lipinski definition) is 1. The van der Waals surface area contributed by atoms with E-state index in [2.05, 4.69) is 11.8 Å². The molecule has 5 nitrogen and oxygen atoms in total. The molecule has 0 radical (unpaired) electrons. The maximum atomic E-state index is 12.6. The van der Waals surface area contributed by atoms with Gasteiger partial charge in [0.25, 0.3) is 5.91 Å². The second-order valence-electron chi connectivity index (χ2n) is 5.47. The second kappa shape index (κ2) is 7.43. The monoisotopic (exact) mass is 291 g/mol. The van der Waals surface area contributed by atoms with Gasteiger partial charge in [-0.1, -0.05) is 13.0 Å². The zero-order chi connectivity index (χ0) is 15.2. The molecule has 116 valence electrons. The van der Waals surface area contributed by atoms with Crippen LogP contribution in [0.4, 0.5) is 5.69 Å². The molecular weight excluding hydrogens is 266 g/mol. The summed E-state index contributed by atoms with van der Waals surface area (Å²) < 4.78 is 5.16. The lowest BCUT2D eigenvalue weighted by Crippen LogP contribution is -2.55. The van der Waals surface area contributed by atoms with Gasteiger partial charge in [0.05, 0.1) is 6.61 Å². The van der Waals surface area contributed by atoms with Crippen LogP contribution in [0.1, 0.15) is 23.7 Å². The molecule has 21 heavy (non-hydrogen) atoms. The Kier molecular flexibility index (Phi) is 5.59. The molecule has 1 aromatic carbocycles. The summed E-state index contributed by atoms with van der Waals surface area (Å²) in [6.07, 6.45) is 1.03. The summed E-state index contributed by atoms with van der Waals surface area (Å²) in [6, 6.07) is 7.61. The van der Waals surface area contributed by atoms with E-state index in [0.717, 1.165) is 39.2 Å². The molecule has 1 fully saturated rings. The van der Waals surface area contributed by atoms with Gasteiger partial charge in [0.1, 0.15) is 0 Å². The predicted octanol–water partition coefficient (Wildman–Crippen LogP) is 1.45. The van der Waals surface area contributed by atoms with E-state index in [1.54, 1.807) is 19.2 Å². The Hall–Kier alpha value is -1.59. The highest BCUT2D eigenvalue weighted by molar-refractivity contribution is 5.95. The molecular formula is C16H25N3O2. The molecule has 1 aliphatic rings. The fourth-order valence-corrected chi connectivity index (χ4v) is 2.82. The lowest BCUT2D eigenvalue weighted by Gasteiger charge is -2.41. The number of carbonyl (C=O) groups is 1. The molecule has 0 spiro atoms. The maximum Gasteiger partial charge on any atom is 0.254 e. The summed E-state index contributed by atoms with van der Waals surface area (Å²) in [5.41, 5.74) is 7.07. The van der Waals surface area contributed by atoms with Crippen LogP contribution in [0.3, 0.4) is 0 Å². The van der Waals surface area contributed by atoms with Crippen LogP contribution in [0.15, 0.2) is 24.3 Å². The first kappa shape index (κ1) is 15.8. The number of nitrogen functional groups attached to an aromatic ring is 1. The van der Waals surface area contributed by atoms with E-state index < -0.39 is 0 Å². The van der Waals surface area contributed by atoms with Gasteiger partial charge in [-0.15, -0.1) is 0 Å². The van der Waals surface area contributed by atoms with Crippen molar-refractivity contribution in [1.29, 1.82) is 0 Å². The van der Waals surface area contributed by atoms with Crippen molar-refractivity contribution < 1.29 is 9.53 Å². The molecule has 1 aromatic rings. The standard InChI is InChI=1S/C16H25N3O2/c1-3-15-12-19(8-7-18(15)9-10-21-2)16(20)13-5-4-6-14(17)11-13/h4-6,11,15H,3,7-10,12,17H2,1-2H3. The van der Waals surface area contributed by atoms with E-state index in [1.165, 1.54) is 0 Å². The molecule has 1 saturated heterocycles. The van der Waals surface area contributed by atoms with Crippen molar-refractivity contribution in [2.45, 2.75) is 19.4 Å². The minimum absolute atomic E-state index is 0.0761. The number of hydrogen-bond acceptors (Lipinski definition) is 4. The molecule has 2 N–H and O–H groups in total. The Bertz CT molecular complexity index is 478. The number of amides is 1. The lowest BCUT2D eigenvalue weighted by atomic mass is 10.1. The van der Waals surface area contributed by atoms with E-state index >= 15 is 0 Å². The third-order valence-corrected chi connectivity index (χ3v) is 4.08. The SMILES string of the molecule is CCC1CN(C(=O)c2cccc(N)c2)CCN1CCOC. The second-order valence-corrected chi connectivity index (χ2v) is 5.47. The van der Waals surface area contributed by atoms with E-state index in [-0.39, 0.29) is 5.91 Å². The summed E-state index contributed by atoms with van der Waals surface area (Å²) in [4.78, 5) is 16.9. The van der Waals surface area contributed by atoms with Crippen LogP contribution < -0.4 is 5.73 Å². The summed E-state index contributed by atoms with van der Waals surface area (Å²) in [5, 5.41) is 0. The highest BCUT2D eigenvalue weighted by Crippen LogP contribution is 2.16. The third-order valence-electron chi connectivity index (χ3n) is 4.08. The Morgan fingerprint density at radius 3 is 2.90 bits per heavy atom. The van der Waals surface area contributed by atoms with Crippen LogP contribution in [0.2, 0.25) is 0 Å². The molecule has 1 atom stereocenters. The van der Waals surface area contributed by atoms with Crippen LogP contribution in [0.25, 0.3) is 0 Å². The number of rotatable bonds is 5. The largest absolute Gasteiger partial charge is 0.399 e. The topological polar surface area (TPSA) is 58.8 Å². The predicted molar refractivity (Wildman–Crippen MR) is 84.3 cm³/mol. The van der Waals surface area contributed by atoms with Gasteiger partial charge in [-0.2, -0.15) is 0 Å². The van der Waals surface area contributed by atoms with E-state index in [4.69, 9.17) is 10.5 Å². The maximum absolute atomic E-state index is 12.6. The fourth-order valence-electron chi connectivity index (χ4n) is 2.82. The van der Waals surface area contributed by atoms with Crippen LogP contribution >= 0.6 is 0 Å². The Morgan fingerprint density at radius 2 is 2.24 bits per heavy atom. The zero-order valence-electron chi connectivity index (χ0n) is 12.9. The van der Waals surface area contributed by atoms with Gasteiger partial charge in [0.15, 0.2) is 0 Å². The van der Waals surface area contributed by atoms with E-state index in [0.29, 0.717) is 17.3 Å². The Morgan fingerprint density at radius 1 is 1.43 bits per heavy atom. The number of nitrogens with two attached hydrogens (primary N) is 1. The minimum atomic E-state index is 0.0761. The van der Waals surface area contributed by atoms with Crippen LogP contribution in [-0.4, -0.2) is 61.6 Å². The van der Waals surface area contributed by atoms with Crippen molar-refractivity contribution in [1.82, 2.24) is 9.80 Å². The number of ether oxygens (including phenoxy) is 1. The molecule has 5 heteroatoms. The number of anilines is 1. The number of piperazine rings is 1. The summed E-state index contributed by atoms with van der Waals surface area (Å²) in [6.45, 7) is 6.26. The highest BCUT2D eigenvalue weighted by Gasteiger charge is 2.28. The van der Waals surface area contributed by atoms with Crippen LogP contribution in [-0.2, 0) is 4.74 Å². The van der Waals surface area contributed by atoms with Gasteiger partial charge in [-0.05, 0) is 24.6 Å². The number of methoxy groups -OCH3 is 1. The molecule has 1 amide bonds. The van der Waals surface area contributed by atoms with Crippen molar-refractivity contribution in [3.8, 4) is 0 Å². The first-order valence-electron chi connectivity index (χ1n) is 7.53. The molecule has 1 unspecified atom stereocenters. The van der Waals surface area contributed by atoms with Crippen molar-refractivity contribution in [3.05, 3.63) is 29.8 Å².